The zero-order valence-electron chi connectivity index (χ0n) is 10.9. The maximum Gasteiger partial charge on any atom is 0.306 e. The fourth-order valence-electron chi connectivity index (χ4n) is 1.92. The normalized spacial score (nSPS) is 12.3. The van der Waals surface area contributed by atoms with E-state index in [-0.39, 0.29) is 5.75 Å². The Morgan fingerprint density at radius 2 is 2.00 bits per heavy atom. The van der Waals surface area contributed by atoms with E-state index in [4.69, 9.17) is 5.11 Å². The van der Waals surface area contributed by atoms with E-state index >= 15 is 0 Å². The molecule has 2 rings (SSSR count). The minimum absolute atomic E-state index is 0.202. The van der Waals surface area contributed by atoms with Crippen LogP contribution in [0.25, 0.3) is 5.69 Å². The van der Waals surface area contributed by atoms with Crippen LogP contribution < -0.4 is 0 Å². The van der Waals surface area contributed by atoms with Crippen molar-refractivity contribution in [2.45, 2.75) is 20.3 Å². The summed E-state index contributed by atoms with van der Waals surface area (Å²) in [4.78, 5) is 10.9. The van der Waals surface area contributed by atoms with Crippen molar-refractivity contribution in [1.29, 1.82) is 0 Å². The van der Waals surface area contributed by atoms with E-state index < -0.39 is 11.9 Å². The molecule has 0 aliphatic rings. The minimum atomic E-state index is -0.809. The van der Waals surface area contributed by atoms with Crippen LogP contribution in [-0.4, -0.2) is 26.0 Å². The number of phenolic OH excluding ortho intramolecular Hbond substituents is 1. The molecular formula is C14H16N2O3. The van der Waals surface area contributed by atoms with E-state index in [1.54, 1.807) is 42.1 Å². The summed E-state index contributed by atoms with van der Waals surface area (Å²) in [6.07, 6.45) is 2.15. The number of aliphatic carboxylic acids is 1. The summed E-state index contributed by atoms with van der Waals surface area (Å²) in [5.41, 5.74) is 2.67. The van der Waals surface area contributed by atoms with Gasteiger partial charge in [0, 0.05) is 5.69 Å². The molecule has 0 unspecified atom stereocenters. The lowest BCUT2D eigenvalue weighted by Gasteiger charge is -2.07. The Morgan fingerprint density at radius 1 is 1.37 bits per heavy atom. The number of aromatic nitrogens is 2. The molecule has 100 valence electrons. The number of phenols is 1. The first-order valence-electron chi connectivity index (χ1n) is 6.04. The summed E-state index contributed by atoms with van der Waals surface area (Å²) in [7, 11) is 0. The highest BCUT2D eigenvalue weighted by molar-refractivity contribution is 5.69. The van der Waals surface area contributed by atoms with Gasteiger partial charge < -0.3 is 10.2 Å². The van der Waals surface area contributed by atoms with Gasteiger partial charge in [-0.2, -0.15) is 5.10 Å². The number of carbonyl (C=O) groups is 1. The smallest absolute Gasteiger partial charge is 0.306 e. The molecular weight excluding hydrogens is 244 g/mol. The van der Waals surface area contributed by atoms with Crippen LogP contribution in [0.2, 0.25) is 0 Å². The first-order chi connectivity index (χ1) is 8.99. The van der Waals surface area contributed by atoms with E-state index in [1.165, 1.54) is 0 Å². The Bertz CT molecular complexity index is 587. The average molecular weight is 260 g/mol. The molecule has 0 fully saturated rings. The second kappa shape index (κ2) is 5.14. The number of aromatic hydroxyl groups is 1. The molecule has 19 heavy (non-hydrogen) atoms. The predicted molar refractivity (Wildman–Crippen MR) is 70.5 cm³/mol. The highest BCUT2D eigenvalue weighted by Crippen LogP contribution is 2.19. The molecule has 1 aromatic carbocycles. The summed E-state index contributed by atoms with van der Waals surface area (Å²) >= 11 is 0. The van der Waals surface area contributed by atoms with Crippen molar-refractivity contribution < 1.29 is 15.0 Å². The Hall–Kier alpha value is -2.30. The number of carboxylic acids is 1. The molecule has 2 N–H and O–H groups in total. The largest absolute Gasteiger partial charge is 0.508 e. The molecule has 0 spiro atoms. The van der Waals surface area contributed by atoms with Crippen molar-refractivity contribution in [3.63, 3.8) is 0 Å². The zero-order valence-corrected chi connectivity index (χ0v) is 10.9. The summed E-state index contributed by atoms with van der Waals surface area (Å²) in [6.45, 7) is 3.59. The summed E-state index contributed by atoms with van der Waals surface area (Å²) in [5.74, 6) is -1.04. The third kappa shape index (κ3) is 2.76. The van der Waals surface area contributed by atoms with Gasteiger partial charge in [-0.25, -0.2) is 4.68 Å². The summed E-state index contributed by atoms with van der Waals surface area (Å²) in [5, 5.41) is 22.5. The molecule has 0 saturated heterocycles. The van der Waals surface area contributed by atoms with Gasteiger partial charge in [0.2, 0.25) is 0 Å². The molecule has 0 amide bonds. The Balaban J connectivity index is 2.27. The van der Waals surface area contributed by atoms with Crippen molar-refractivity contribution >= 4 is 5.97 Å². The van der Waals surface area contributed by atoms with Crippen LogP contribution in [-0.2, 0) is 11.2 Å². The van der Waals surface area contributed by atoms with E-state index in [2.05, 4.69) is 5.10 Å². The van der Waals surface area contributed by atoms with Crippen LogP contribution >= 0.6 is 0 Å². The molecule has 5 nitrogen and oxygen atoms in total. The van der Waals surface area contributed by atoms with Gasteiger partial charge in [0.15, 0.2) is 0 Å². The lowest BCUT2D eigenvalue weighted by Crippen LogP contribution is -2.12. The third-order valence-electron chi connectivity index (χ3n) is 3.15. The van der Waals surface area contributed by atoms with E-state index in [9.17, 15) is 9.90 Å². The summed E-state index contributed by atoms with van der Waals surface area (Å²) < 4.78 is 1.74. The average Bonchev–Trinajstić information content (AvgIpc) is 2.72. The molecule has 1 aromatic heterocycles. The van der Waals surface area contributed by atoms with Crippen molar-refractivity contribution in [3.05, 3.63) is 41.7 Å². The van der Waals surface area contributed by atoms with Gasteiger partial charge in [-0.05, 0) is 43.2 Å². The van der Waals surface area contributed by atoms with Gasteiger partial charge >= 0.3 is 5.97 Å². The first-order valence-corrected chi connectivity index (χ1v) is 6.04. The Kier molecular flexibility index (Phi) is 3.55. The number of hydrogen-bond donors (Lipinski definition) is 2. The predicted octanol–water partition coefficient (Wildman–Crippen LogP) is 2.15. The van der Waals surface area contributed by atoms with Crippen molar-refractivity contribution in [2.24, 2.45) is 5.92 Å². The van der Waals surface area contributed by atoms with Crippen LogP contribution in [0.4, 0.5) is 0 Å². The Labute approximate surface area is 111 Å². The molecule has 5 heteroatoms. The highest BCUT2D eigenvalue weighted by Gasteiger charge is 2.16. The number of hydrogen-bond acceptors (Lipinski definition) is 3. The van der Waals surface area contributed by atoms with Gasteiger partial charge in [-0.15, -0.1) is 0 Å². The monoisotopic (exact) mass is 260 g/mol. The van der Waals surface area contributed by atoms with Crippen LogP contribution in [0, 0.1) is 12.8 Å². The van der Waals surface area contributed by atoms with Crippen LogP contribution in [0.1, 0.15) is 18.2 Å². The molecule has 0 bridgehead atoms. The third-order valence-corrected chi connectivity index (χ3v) is 3.15. The van der Waals surface area contributed by atoms with E-state index in [0.29, 0.717) is 6.42 Å². The fraction of sp³-hybridized carbons (Fsp3) is 0.286. The van der Waals surface area contributed by atoms with Crippen LogP contribution in [0.5, 0.6) is 5.75 Å². The molecule has 0 saturated carbocycles. The highest BCUT2D eigenvalue weighted by atomic mass is 16.4. The van der Waals surface area contributed by atoms with Gasteiger partial charge in [0.05, 0.1) is 17.8 Å². The maximum atomic E-state index is 10.9. The molecule has 1 atom stereocenters. The minimum Gasteiger partial charge on any atom is -0.508 e. The molecule has 0 aliphatic heterocycles. The second-order valence-electron chi connectivity index (χ2n) is 4.63. The van der Waals surface area contributed by atoms with Crippen LogP contribution in [0.3, 0.4) is 0 Å². The van der Waals surface area contributed by atoms with Gasteiger partial charge in [-0.3, -0.25) is 4.79 Å². The lowest BCUT2D eigenvalue weighted by atomic mass is 10.0. The Morgan fingerprint density at radius 3 is 2.58 bits per heavy atom. The molecule has 1 heterocycles. The molecule has 0 aliphatic carbocycles. The number of nitrogens with zero attached hydrogens (tertiary/aromatic N) is 2. The van der Waals surface area contributed by atoms with Gasteiger partial charge in [-0.1, -0.05) is 6.92 Å². The van der Waals surface area contributed by atoms with E-state index in [0.717, 1.165) is 16.9 Å². The SMILES string of the molecule is Cc1c(C[C@@H](C)C(=O)O)cnn1-c1ccc(O)cc1. The molecule has 0 radical (unpaired) electrons. The molecule has 2 aromatic rings. The lowest BCUT2D eigenvalue weighted by molar-refractivity contribution is -0.141. The fourth-order valence-corrected chi connectivity index (χ4v) is 1.92. The van der Waals surface area contributed by atoms with Crippen molar-refractivity contribution in [1.82, 2.24) is 9.78 Å². The number of carboxylic acid groups (broad SMARTS) is 1. The first kappa shape index (κ1) is 13.1. The van der Waals surface area contributed by atoms with Gasteiger partial charge in [0.25, 0.3) is 0 Å². The number of rotatable bonds is 4. The second-order valence-corrected chi connectivity index (χ2v) is 4.63. The topological polar surface area (TPSA) is 75.3 Å². The van der Waals surface area contributed by atoms with Crippen LogP contribution in [0.15, 0.2) is 30.5 Å². The standard InChI is InChI=1S/C14H16N2O3/c1-9(14(18)19)7-11-8-15-16(10(11)2)12-3-5-13(17)6-4-12/h3-6,8-9,17H,7H2,1-2H3,(H,18,19)/t9-/m1/s1. The van der Waals surface area contributed by atoms with Crippen molar-refractivity contribution in [3.8, 4) is 11.4 Å². The summed E-state index contributed by atoms with van der Waals surface area (Å²) in [6, 6.07) is 6.71. The number of benzene rings is 1. The van der Waals surface area contributed by atoms with Crippen molar-refractivity contribution in [2.75, 3.05) is 0 Å². The van der Waals surface area contributed by atoms with Gasteiger partial charge in [0.1, 0.15) is 5.75 Å². The quantitative estimate of drug-likeness (QED) is 0.883. The zero-order chi connectivity index (χ0) is 14.0. The van der Waals surface area contributed by atoms with E-state index in [1.807, 2.05) is 6.92 Å². The maximum absolute atomic E-state index is 10.9.